The molecule has 1 saturated carbocycles. The number of hydrogen-bond donors (Lipinski definition) is 1. The number of carbonyl (C=O) groups excluding carboxylic acids is 1. The van der Waals surface area contributed by atoms with Gasteiger partial charge in [0.05, 0.1) is 11.8 Å². The third-order valence-corrected chi connectivity index (χ3v) is 10.2. The molecule has 1 saturated heterocycles. The molecular weight excluding hydrogens is 540 g/mol. The van der Waals surface area contributed by atoms with Crippen molar-refractivity contribution in [3.05, 3.63) is 94.2 Å². The van der Waals surface area contributed by atoms with E-state index in [1.807, 2.05) is 12.3 Å². The van der Waals surface area contributed by atoms with Crippen LogP contribution in [0.2, 0.25) is 0 Å². The van der Waals surface area contributed by atoms with Crippen LogP contribution >= 0.6 is 0 Å². The molecule has 1 spiro atoms. The molecule has 6 rings (SSSR count). The van der Waals surface area contributed by atoms with Gasteiger partial charge in [0.15, 0.2) is 0 Å². The summed E-state index contributed by atoms with van der Waals surface area (Å²) in [7, 11) is 0. The van der Waals surface area contributed by atoms with Crippen LogP contribution in [0.3, 0.4) is 0 Å². The van der Waals surface area contributed by atoms with E-state index in [4.69, 9.17) is 4.74 Å². The van der Waals surface area contributed by atoms with E-state index in [1.54, 1.807) is 0 Å². The number of nitrogens with zero attached hydrogens (tertiary/aromatic N) is 1. The van der Waals surface area contributed by atoms with Gasteiger partial charge in [-0.3, -0.25) is 4.79 Å². The maximum atomic E-state index is 13.3. The molecule has 230 valence electrons. The van der Waals surface area contributed by atoms with Gasteiger partial charge in [0.2, 0.25) is 0 Å². The van der Waals surface area contributed by atoms with Gasteiger partial charge in [-0.2, -0.15) is 0 Å². The monoisotopic (exact) mass is 588 g/mol. The number of hydrogen-bond acceptors (Lipinski definition) is 3. The lowest BCUT2D eigenvalue weighted by atomic mass is 9.68. The Labute approximate surface area is 264 Å². The van der Waals surface area contributed by atoms with Gasteiger partial charge in [-0.25, -0.2) is 0 Å². The van der Waals surface area contributed by atoms with Gasteiger partial charge in [-0.15, -0.1) is 0 Å². The Kier molecular flexibility index (Phi) is 8.71. The third-order valence-electron chi connectivity index (χ3n) is 10.2. The fourth-order valence-corrected chi connectivity index (χ4v) is 7.34. The molecule has 4 heteroatoms. The fraction of sp³-hybridized carbons (Fsp3) is 0.425. The standard InChI is InChI=1S/C40H48N2O2/c1-6-10-33(11-7-2)44-38-17-15-31(24-36(38)37-25-41-37)35-13-8-12-30(29(35)5)22-27(3)34-16-14-32(23-28(34)4)39(43)42-21-20-40(26-42)18-9-19-40/h8,12-17,22-25,33,41H,6-7,9-11,18-21,26H2,1-5H3/b27-22+. The van der Waals surface area contributed by atoms with E-state index in [0.29, 0.717) is 5.41 Å². The smallest absolute Gasteiger partial charge is 0.253 e. The van der Waals surface area contributed by atoms with Crippen LogP contribution in [0.1, 0.15) is 110 Å². The number of nitrogens with one attached hydrogen (secondary N) is 1. The maximum absolute atomic E-state index is 13.3. The number of likely N-dealkylation sites (tertiary alicyclic amines) is 1. The van der Waals surface area contributed by atoms with Crippen molar-refractivity contribution >= 4 is 23.3 Å². The number of amides is 1. The minimum absolute atomic E-state index is 0.188. The molecule has 4 nitrogen and oxygen atoms in total. The minimum Gasteiger partial charge on any atom is -0.490 e. The zero-order valence-corrected chi connectivity index (χ0v) is 27.3. The first-order valence-electron chi connectivity index (χ1n) is 16.8. The van der Waals surface area contributed by atoms with Crippen LogP contribution in [0.15, 0.2) is 60.8 Å². The number of allylic oxidation sites excluding steroid dienone is 1. The Morgan fingerprint density at radius 1 is 1.00 bits per heavy atom. The van der Waals surface area contributed by atoms with Gasteiger partial charge in [0, 0.05) is 30.4 Å². The Balaban J connectivity index is 1.22. The Morgan fingerprint density at radius 3 is 2.41 bits per heavy atom. The van der Waals surface area contributed by atoms with Gasteiger partial charge in [-0.1, -0.05) is 69.5 Å². The highest BCUT2D eigenvalue weighted by Crippen LogP contribution is 2.48. The van der Waals surface area contributed by atoms with Crippen molar-refractivity contribution in [2.45, 2.75) is 92.1 Å². The summed E-state index contributed by atoms with van der Waals surface area (Å²) in [5.41, 5.74) is 11.9. The number of aryl methyl sites for hydroxylation is 1. The van der Waals surface area contributed by atoms with Gasteiger partial charge in [0.1, 0.15) is 5.75 Å². The molecule has 2 fully saturated rings. The predicted octanol–water partition coefficient (Wildman–Crippen LogP) is 9.80. The van der Waals surface area contributed by atoms with Crippen LogP contribution in [0.5, 0.6) is 5.75 Å². The molecule has 44 heavy (non-hydrogen) atoms. The lowest BCUT2D eigenvalue weighted by Gasteiger charge is -2.37. The van der Waals surface area contributed by atoms with E-state index in [9.17, 15) is 4.79 Å². The Bertz CT molecular complexity index is 1600. The van der Waals surface area contributed by atoms with Crippen molar-refractivity contribution in [2.24, 2.45) is 5.41 Å². The molecule has 3 aromatic rings. The molecule has 0 bridgehead atoms. The van der Waals surface area contributed by atoms with E-state index in [1.165, 1.54) is 59.1 Å². The van der Waals surface area contributed by atoms with E-state index < -0.39 is 0 Å². The van der Waals surface area contributed by atoms with Crippen molar-refractivity contribution in [1.82, 2.24) is 10.2 Å². The number of ether oxygens (including phenoxy) is 1. The van der Waals surface area contributed by atoms with Crippen molar-refractivity contribution in [3.8, 4) is 16.9 Å². The summed E-state index contributed by atoms with van der Waals surface area (Å²) in [4.78, 5) is 15.4. The Hall–Kier alpha value is -3.79. The number of rotatable bonds is 11. The first kappa shape index (κ1) is 30.2. The van der Waals surface area contributed by atoms with Gasteiger partial charge in [-0.05, 0) is 122 Å². The third kappa shape index (κ3) is 6.22. The van der Waals surface area contributed by atoms with Crippen LogP contribution < -0.4 is 10.1 Å². The number of carbonyl (C=O) groups is 1. The molecule has 2 aliphatic heterocycles. The quantitative estimate of drug-likeness (QED) is 0.227. The van der Waals surface area contributed by atoms with E-state index in [0.717, 1.165) is 66.9 Å². The lowest BCUT2D eigenvalue weighted by Crippen LogP contribution is -2.35. The highest BCUT2D eigenvalue weighted by atomic mass is 16.5. The van der Waals surface area contributed by atoms with E-state index in [-0.39, 0.29) is 12.0 Å². The highest BCUT2D eigenvalue weighted by Gasteiger charge is 2.44. The molecular formula is C40H48N2O2. The average molecular weight is 589 g/mol. The van der Waals surface area contributed by atoms with Crippen LogP contribution in [0, 0.1) is 19.3 Å². The van der Waals surface area contributed by atoms with Crippen molar-refractivity contribution in [3.63, 3.8) is 0 Å². The Morgan fingerprint density at radius 2 is 1.77 bits per heavy atom. The minimum atomic E-state index is 0.188. The molecule has 3 aromatic carbocycles. The molecule has 0 radical (unpaired) electrons. The molecule has 0 atom stereocenters. The van der Waals surface area contributed by atoms with E-state index in [2.05, 4.69) is 99.4 Å². The number of benzene rings is 3. The van der Waals surface area contributed by atoms with Crippen LogP contribution in [0.25, 0.3) is 28.5 Å². The SMILES string of the molecule is CCCC(CCC)Oc1ccc(-c2cccc(/C=C(\C)c3ccc(C(=O)N4CCC5(CCC5)C4)cc3C)c2C)cc1C1=CN1. The summed E-state index contributed by atoms with van der Waals surface area (Å²) < 4.78 is 6.54. The molecule has 2 heterocycles. The summed E-state index contributed by atoms with van der Waals surface area (Å²) in [5, 5.41) is 3.30. The second-order valence-electron chi connectivity index (χ2n) is 13.4. The van der Waals surface area contributed by atoms with Gasteiger partial charge in [0.25, 0.3) is 5.91 Å². The van der Waals surface area contributed by atoms with Crippen LogP contribution in [0.4, 0.5) is 0 Å². The van der Waals surface area contributed by atoms with Crippen molar-refractivity contribution in [2.75, 3.05) is 13.1 Å². The zero-order valence-electron chi connectivity index (χ0n) is 27.3. The summed E-state index contributed by atoms with van der Waals surface area (Å²) >= 11 is 0. The fourth-order valence-electron chi connectivity index (χ4n) is 7.34. The first-order chi connectivity index (χ1) is 21.3. The van der Waals surface area contributed by atoms with Gasteiger partial charge >= 0.3 is 0 Å². The molecule has 3 aliphatic rings. The topological polar surface area (TPSA) is 51.5 Å². The molecule has 0 aromatic heterocycles. The zero-order chi connectivity index (χ0) is 30.8. The lowest BCUT2D eigenvalue weighted by molar-refractivity contribution is 0.0732. The second kappa shape index (κ2) is 12.7. The molecule has 1 N–H and O–H groups in total. The molecule has 1 amide bonds. The summed E-state index contributed by atoms with van der Waals surface area (Å²) in [5.74, 6) is 1.15. The van der Waals surface area contributed by atoms with Crippen molar-refractivity contribution < 1.29 is 9.53 Å². The average Bonchev–Trinajstić information content (AvgIpc) is 3.74. The summed E-state index contributed by atoms with van der Waals surface area (Å²) in [6, 6.07) is 19.4. The van der Waals surface area contributed by atoms with Gasteiger partial charge < -0.3 is 15.0 Å². The first-order valence-corrected chi connectivity index (χ1v) is 16.8. The maximum Gasteiger partial charge on any atom is 0.253 e. The second-order valence-corrected chi connectivity index (χ2v) is 13.4. The highest BCUT2D eigenvalue weighted by molar-refractivity contribution is 5.95. The summed E-state index contributed by atoms with van der Waals surface area (Å²) in [6.45, 7) is 12.8. The normalized spacial score (nSPS) is 17.0. The largest absolute Gasteiger partial charge is 0.490 e. The van der Waals surface area contributed by atoms with E-state index >= 15 is 0 Å². The molecule has 0 unspecified atom stereocenters. The van der Waals surface area contributed by atoms with Crippen LogP contribution in [-0.2, 0) is 0 Å². The predicted molar refractivity (Wildman–Crippen MR) is 183 cm³/mol. The van der Waals surface area contributed by atoms with Crippen molar-refractivity contribution in [1.29, 1.82) is 0 Å². The summed E-state index contributed by atoms with van der Waals surface area (Å²) in [6.07, 6.45) is 14.0. The van der Waals surface area contributed by atoms with Crippen LogP contribution in [-0.4, -0.2) is 30.0 Å². The molecule has 1 aliphatic carbocycles.